The predicted molar refractivity (Wildman–Crippen MR) is 161 cm³/mol. The van der Waals surface area contributed by atoms with Crippen molar-refractivity contribution < 1.29 is 14.3 Å². The number of ether oxygens (including phenoxy) is 1. The summed E-state index contributed by atoms with van der Waals surface area (Å²) in [5.41, 5.74) is 2.60. The van der Waals surface area contributed by atoms with Gasteiger partial charge in [-0.25, -0.2) is 4.98 Å². The summed E-state index contributed by atoms with van der Waals surface area (Å²) in [4.78, 5) is 36.8. The van der Waals surface area contributed by atoms with Crippen molar-refractivity contribution in [2.45, 2.75) is 58.1 Å². The average Bonchev–Trinajstić information content (AvgIpc) is 3.06. The van der Waals surface area contributed by atoms with Gasteiger partial charge in [-0.1, -0.05) is 25.1 Å². The highest BCUT2D eigenvalue weighted by atomic mass is 35.5. The number of benzene rings is 1. The molecule has 2 amide bonds. The fraction of sp³-hybridized carbons (Fsp3) is 0.467. The molecule has 2 aromatic heterocycles. The number of nitrogens with one attached hydrogen (secondary N) is 1. The average molecular weight is 582 g/mol. The molecule has 1 aromatic carbocycles. The van der Waals surface area contributed by atoms with Crippen molar-refractivity contribution in [3.63, 3.8) is 0 Å². The van der Waals surface area contributed by atoms with Gasteiger partial charge in [-0.3, -0.25) is 19.9 Å². The number of fused-ring (bicyclic) bond motifs is 1. The van der Waals surface area contributed by atoms with Gasteiger partial charge in [-0.05, 0) is 68.9 Å². The molecule has 40 heavy (non-hydrogen) atoms. The molecule has 0 bridgehead atoms. The fourth-order valence-corrected chi connectivity index (χ4v) is 7.10. The molecule has 1 N–H and O–H groups in total. The van der Waals surface area contributed by atoms with Crippen LogP contribution in [0.4, 0.5) is 5.95 Å². The summed E-state index contributed by atoms with van der Waals surface area (Å²) in [7, 11) is 0. The van der Waals surface area contributed by atoms with Gasteiger partial charge in [0.25, 0.3) is 5.91 Å². The number of anilines is 1. The third kappa shape index (κ3) is 6.47. The lowest BCUT2D eigenvalue weighted by Crippen LogP contribution is -2.34. The maximum Gasteiger partial charge on any atom is 0.258 e. The fourth-order valence-electron chi connectivity index (χ4n) is 5.60. The van der Waals surface area contributed by atoms with Crippen molar-refractivity contribution in [3.05, 3.63) is 59.4 Å². The number of halogens is 1. The number of carbonyl (C=O) groups is 2. The number of nitrogens with zero attached hydrogens (tertiary/aromatic N) is 4. The minimum atomic E-state index is -0.285. The maximum absolute atomic E-state index is 13.3. The molecule has 0 saturated carbocycles. The highest BCUT2D eigenvalue weighted by Crippen LogP contribution is 2.37. The third-order valence-electron chi connectivity index (χ3n) is 7.62. The molecule has 10 heteroatoms. The molecule has 3 atom stereocenters. The van der Waals surface area contributed by atoms with Crippen molar-refractivity contribution in [2.75, 3.05) is 29.9 Å². The van der Waals surface area contributed by atoms with E-state index in [9.17, 15) is 9.59 Å². The smallest absolute Gasteiger partial charge is 0.258 e. The first-order valence-electron chi connectivity index (χ1n) is 13.9. The second-order valence-corrected chi connectivity index (χ2v) is 12.4. The van der Waals surface area contributed by atoms with Crippen LogP contribution in [0.5, 0.6) is 5.75 Å². The molecule has 0 radical (unpaired) electrons. The number of amides is 2. The second-order valence-electron chi connectivity index (χ2n) is 10.8. The van der Waals surface area contributed by atoms with E-state index in [0.717, 1.165) is 48.4 Å². The molecular formula is C30H36ClN5O3S. The van der Waals surface area contributed by atoms with E-state index in [2.05, 4.69) is 23.8 Å². The Bertz CT molecular complexity index is 1410. The van der Waals surface area contributed by atoms with Crippen molar-refractivity contribution in [1.82, 2.24) is 19.4 Å². The number of likely N-dealkylation sites (tertiary alicyclic amines) is 1. The topological polar surface area (TPSA) is 89.4 Å². The van der Waals surface area contributed by atoms with Gasteiger partial charge in [0.1, 0.15) is 11.9 Å². The lowest BCUT2D eigenvalue weighted by Gasteiger charge is -2.26. The summed E-state index contributed by atoms with van der Waals surface area (Å²) in [5.74, 6) is 3.37. The van der Waals surface area contributed by atoms with E-state index in [1.54, 1.807) is 18.3 Å². The number of carbonyl (C=O) groups excluding carboxylic acids is 2. The first kappa shape index (κ1) is 28.5. The van der Waals surface area contributed by atoms with Gasteiger partial charge in [-0.2, -0.15) is 11.8 Å². The number of aryl methyl sites for hydroxylation is 1. The van der Waals surface area contributed by atoms with Gasteiger partial charge in [0.15, 0.2) is 0 Å². The van der Waals surface area contributed by atoms with Gasteiger partial charge < -0.3 is 14.2 Å². The van der Waals surface area contributed by atoms with Crippen LogP contribution >= 0.6 is 23.4 Å². The first-order chi connectivity index (χ1) is 19.3. The van der Waals surface area contributed by atoms with Gasteiger partial charge in [-0.15, -0.1) is 0 Å². The van der Waals surface area contributed by atoms with Gasteiger partial charge in [0.2, 0.25) is 11.9 Å². The number of hydrogen-bond donors (Lipinski definition) is 1. The Morgan fingerprint density at radius 3 is 2.90 bits per heavy atom. The number of imidazole rings is 1. The summed E-state index contributed by atoms with van der Waals surface area (Å²) in [5, 5.41) is 3.52. The summed E-state index contributed by atoms with van der Waals surface area (Å²) >= 11 is 8.88. The summed E-state index contributed by atoms with van der Waals surface area (Å²) < 4.78 is 8.41. The molecule has 8 nitrogen and oxygen atoms in total. The lowest BCUT2D eigenvalue weighted by molar-refractivity contribution is -0.126. The molecule has 1 unspecified atom stereocenters. The Morgan fingerprint density at radius 2 is 2.10 bits per heavy atom. The zero-order valence-electron chi connectivity index (χ0n) is 23.1. The molecule has 2 aliphatic heterocycles. The standard InChI is InChI=1S/C30H36ClN5O3S/c1-4-27(37)35-11-6-5-7-22(17-35)36-28-25(31)15-23(39-24-13-19(2)9-12-40-18-24)16-26(28)33-30(36)34-29(38)21-8-10-32-20(3)14-21/h4,8,10,14-16,19,22,24H,1,5-7,9,11-13,17-18H2,2-3H3,(H,33,34,38)/t19?,22-,24+/m1/s1. The summed E-state index contributed by atoms with van der Waals surface area (Å²) in [6.45, 7) is 8.92. The zero-order chi connectivity index (χ0) is 28.2. The SMILES string of the molecule is C=CC(=O)N1CCCC[C@@H](n2c(NC(=O)c3ccnc(C)c3)nc3cc(O[C@@H]4CSCCC(C)C4)cc(Cl)c32)C1. The molecule has 4 heterocycles. The van der Waals surface area contributed by atoms with E-state index in [1.165, 1.54) is 12.5 Å². The van der Waals surface area contributed by atoms with Crippen LogP contribution < -0.4 is 10.1 Å². The van der Waals surface area contributed by atoms with Gasteiger partial charge in [0.05, 0.1) is 22.1 Å². The summed E-state index contributed by atoms with van der Waals surface area (Å²) in [6.07, 6.45) is 7.91. The Morgan fingerprint density at radius 1 is 1.25 bits per heavy atom. The molecular weight excluding hydrogens is 546 g/mol. The van der Waals surface area contributed by atoms with Crippen LogP contribution in [0.2, 0.25) is 5.02 Å². The van der Waals surface area contributed by atoms with Crippen LogP contribution in [0.1, 0.15) is 61.1 Å². The lowest BCUT2D eigenvalue weighted by atomic mass is 10.0. The van der Waals surface area contributed by atoms with E-state index in [4.69, 9.17) is 21.3 Å². The third-order valence-corrected chi connectivity index (χ3v) is 9.04. The number of hydrogen-bond acceptors (Lipinski definition) is 6. The Balaban J connectivity index is 1.54. The molecule has 212 valence electrons. The molecule has 5 rings (SSSR count). The Kier molecular flexibility index (Phi) is 9.00. The number of pyridine rings is 1. The maximum atomic E-state index is 13.3. The minimum absolute atomic E-state index is 0.104. The van der Waals surface area contributed by atoms with E-state index in [-0.39, 0.29) is 24.0 Å². The number of thioether (sulfide) groups is 1. The van der Waals surface area contributed by atoms with Crippen LogP contribution in [0.3, 0.4) is 0 Å². The van der Waals surface area contributed by atoms with Crippen LogP contribution in [0.25, 0.3) is 11.0 Å². The van der Waals surface area contributed by atoms with Gasteiger partial charge in [0, 0.05) is 48.4 Å². The second kappa shape index (κ2) is 12.6. The van der Waals surface area contributed by atoms with Crippen LogP contribution in [0, 0.1) is 12.8 Å². The molecule has 2 aliphatic rings. The van der Waals surface area contributed by atoms with E-state index in [1.807, 2.05) is 40.3 Å². The molecule has 3 aromatic rings. The van der Waals surface area contributed by atoms with Crippen molar-refractivity contribution in [2.24, 2.45) is 5.92 Å². The van der Waals surface area contributed by atoms with Crippen molar-refractivity contribution in [1.29, 1.82) is 0 Å². The number of rotatable bonds is 6. The van der Waals surface area contributed by atoms with E-state index >= 15 is 0 Å². The highest BCUT2D eigenvalue weighted by molar-refractivity contribution is 7.99. The van der Waals surface area contributed by atoms with Crippen LogP contribution in [-0.2, 0) is 4.79 Å². The Hall–Kier alpha value is -3.04. The zero-order valence-corrected chi connectivity index (χ0v) is 24.6. The normalized spacial score (nSPS) is 21.9. The molecule has 0 aliphatic carbocycles. The van der Waals surface area contributed by atoms with Crippen LogP contribution in [0.15, 0.2) is 43.1 Å². The minimum Gasteiger partial charge on any atom is -0.489 e. The monoisotopic (exact) mass is 581 g/mol. The number of aromatic nitrogens is 3. The summed E-state index contributed by atoms with van der Waals surface area (Å²) in [6, 6.07) is 7.05. The van der Waals surface area contributed by atoms with E-state index in [0.29, 0.717) is 46.8 Å². The van der Waals surface area contributed by atoms with Crippen molar-refractivity contribution in [3.8, 4) is 5.75 Å². The molecule has 2 fully saturated rings. The largest absolute Gasteiger partial charge is 0.489 e. The molecule has 0 spiro atoms. The van der Waals surface area contributed by atoms with Crippen molar-refractivity contribution >= 4 is 52.2 Å². The molecule has 2 saturated heterocycles. The highest BCUT2D eigenvalue weighted by Gasteiger charge is 2.28. The van der Waals surface area contributed by atoms with Gasteiger partial charge >= 0.3 is 0 Å². The first-order valence-corrected chi connectivity index (χ1v) is 15.5. The predicted octanol–water partition coefficient (Wildman–Crippen LogP) is 6.30. The van der Waals surface area contributed by atoms with Crippen LogP contribution in [-0.4, -0.2) is 61.9 Å². The van der Waals surface area contributed by atoms with E-state index < -0.39 is 0 Å². The quantitative estimate of drug-likeness (QED) is 0.344. The Labute approximate surface area is 244 Å².